The number of rotatable bonds is 5. The molecule has 2 rings (SSSR count). The van der Waals surface area contributed by atoms with Gasteiger partial charge in [0.1, 0.15) is 5.82 Å². The van der Waals surface area contributed by atoms with Crippen LogP contribution in [0, 0.1) is 11.7 Å². The summed E-state index contributed by atoms with van der Waals surface area (Å²) in [5, 5.41) is 3.46. The molecule has 1 nitrogen and oxygen atoms in total. The number of hydrogen-bond acceptors (Lipinski definition) is 1. The van der Waals surface area contributed by atoms with Crippen LogP contribution in [0.2, 0.25) is 0 Å². The van der Waals surface area contributed by atoms with E-state index in [1.165, 1.54) is 31.2 Å². The van der Waals surface area contributed by atoms with Crippen LogP contribution in [0.3, 0.4) is 0 Å². The molecule has 0 aliphatic heterocycles. The van der Waals surface area contributed by atoms with E-state index < -0.39 is 0 Å². The molecule has 0 saturated heterocycles. The maximum atomic E-state index is 13.0. The average molecular weight is 249 g/mol. The second-order valence-corrected chi connectivity index (χ2v) is 6.10. The molecular formula is C16H24FN. The van der Waals surface area contributed by atoms with Gasteiger partial charge in [0.05, 0.1) is 0 Å². The first-order valence-electron chi connectivity index (χ1n) is 6.97. The molecule has 18 heavy (non-hydrogen) atoms. The van der Waals surface area contributed by atoms with E-state index in [1.807, 2.05) is 19.2 Å². The summed E-state index contributed by atoms with van der Waals surface area (Å²) in [5.41, 5.74) is 1.25. The zero-order valence-corrected chi connectivity index (χ0v) is 11.7. The van der Waals surface area contributed by atoms with E-state index in [0.717, 1.165) is 5.92 Å². The highest BCUT2D eigenvalue weighted by Gasteiger charge is 2.33. The Kier molecular flexibility index (Phi) is 4.06. The second-order valence-electron chi connectivity index (χ2n) is 6.10. The Morgan fingerprint density at radius 3 is 2.33 bits per heavy atom. The summed E-state index contributed by atoms with van der Waals surface area (Å²) in [4.78, 5) is 0. The number of hydrogen-bond donors (Lipinski definition) is 1. The minimum atomic E-state index is -0.158. The normalized spacial score (nSPS) is 18.4. The second kappa shape index (κ2) is 5.40. The van der Waals surface area contributed by atoms with Gasteiger partial charge in [0.25, 0.3) is 0 Å². The van der Waals surface area contributed by atoms with Crippen LogP contribution in [-0.2, 0) is 5.41 Å². The Hall–Kier alpha value is -0.890. The van der Waals surface area contributed by atoms with E-state index in [1.54, 1.807) is 12.1 Å². The molecule has 1 fully saturated rings. The molecule has 0 heterocycles. The van der Waals surface area contributed by atoms with E-state index in [9.17, 15) is 4.39 Å². The fourth-order valence-electron chi connectivity index (χ4n) is 2.92. The highest BCUT2D eigenvalue weighted by molar-refractivity contribution is 5.26. The Labute approximate surface area is 110 Å². The first kappa shape index (κ1) is 13.5. The molecule has 1 N–H and O–H groups in total. The van der Waals surface area contributed by atoms with Gasteiger partial charge in [-0.25, -0.2) is 4.39 Å². The predicted molar refractivity (Wildman–Crippen MR) is 74.2 cm³/mol. The standard InChI is InChI=1S/C16H24FN/c1-16(2,13-7-9-14(17)10-8-13)15(18-3)11-12-5-4-6-12/h7-10,12,15,18H,4-6,11H2,1-3H3. The van der Waals surface area contributed by atoms with Crippen molar-refractivity contribution in [2.75, 3.05) is 7.05 Å². The zero-order valence-electron chi connectivity index (χ0n) is 11.7. The quantitative estimate of drug-likeness (QED) is 0.835. The van der Waals surface area contributed by atoms with Crippen molar-refractivity contribution in [3.63, 3.8) is 0 Å². The smallest absolute Gasteiger partial charge is 0.123 e. The molecule has 0 bridgehead atoms. The van der Waals surface area contributed by atoms with Gasteiger partial charge in [-0.3, -0.25) is 0 Å². The van der Waals surface area contributed by atoms with Crippen molar-refractivity contribution >= 4 is 0 Å². The Morgan fingerprint density at radius 1 is 1.28 bits per heavy atom. The lowest BCUT2D eigenvalue weighted by Gasteiger charge is -2.39. The topological polar surface area (TPSA) is 12.0 Å². The van der Waals surface area contributed by atoms with E-state index in [0.29, 0.717) is 6.04 Å². The van der Waals surface area contributed by atoms with Crippen LogP contribution in [0.25, 0.3) is 0 Å². The van der Waals surface area contributed by atoms with Gasteiger partial charge in [-0.2, -0.15) is 0 Å². The van der Waals surface area contributed by atoms with Crippen LogP contribution >= 0.6 is 0 Å². The maximum absolute atomic E-state index is 13.0. The van der Waals surface area contributed by atoms with E-state index >= 15 is 0 Å². The molecular weight excluding hydrogens is 225 g/mol. The summed E-state index contributed by atoms with van der Waals surface area (Å²) >= 11 is 0. The third-order valence-electron chi connectivity index (χ3n) is 4.60. The molecule has 0 amide bonds. The third-order valence-corrected chi connectivity index (χ3v) is 4.60. The van der Waals surface area contributed by atoms with Gasteiger partial charge >= 0.3 is 0 Å². The van der Waals surface area contributed by atoms with Crippen LogP contribution in [-0.4, -0.2) is 13.1 Å². The van der Waals surface area contributed by atoms with Crippen LogP contribution in [0.15, 0.2) is 24.3 Å². The van der Waals surface area contributed by atoms with Crippen molar-refractivity contribution < 1.29 is 4.39 Å². The zero-order chi connectivity index (χ0) is 13.2. The minimum absolute atomic E-state index is 0.0397. The molecule has 100 valence electrons. The van der Waals surface area contributed by atoms with Crippen molar-refractivity contribution in [1.29, 1.82) is 0 Å². The molecule has 2 heteroatoms. The van der Waals surface area contributed by atoms with Gasteiger partial charge in [0.15, 0.2) is 0 Å². The van der Waals surface area contributed by atoms with Gasteiger partial charge in [-0.15, -0.1) is 0 Å². The molecule has 1 aliphatic rings. The van der Waals surface area contributed by atoms with Crippen LogP contribution < -0.4 is 5.32 Å². The number of benzene rings is 1. The molecule has 1 aromatic rings. The minimum Gasteiger partial charge on any atom is -0.316 e. The van der Waals surface area contributed by atoms with Crippen molar-refractivity contribution in [2.45, 2.75) is 51.0 Å². The summed E-state index contributed by atoms with van der Waals surface area (Å²) in [6.07, 6.45) is 5.36. The van der Waals surface area contributed by atoms with Gasteiger partial charge in [0, 0.05) is 11.5 Å². The molecule has 1 aliphatic carbocycles. The Morgan fingerprint density at radius 2 is 1.89 bits per heavy atom. The van der Waals surface area contributed by atoms with Crippen LogP contribution in [0.4, 0.5) is 4.39 Å². The van der Waals surface area contributed by atoms with E-state index in [2.05, 4.69) is 19.2 Å². The molecule has 1 aromatic carbocycles. The third kappa shape index (κ3) is 2.74. The van der Waals surface area contributed by atoms with Crippen molar-refractivity contribution in [2.24, 2.45) is 5.92 Å². The van der Waals surface area contributed by atoms with Crippen molar-refractivity contribution in [3.05, 3.63) is 35.6 Å². The Bertz CT molecular complexity index is 379. The largest absolute Gasteiger partial charge is 0.316 e. The SMILES string of the molecule is CNC(CC1CCC1)C(C)(C)c1ccc(F)cc1. The average Bonchev–Trinajstić information content (AvgIpc) is 2.28. The Balaban J connectivity index is 2.12. The summed E-state index contributed by atoms with van der Waals surface area (Å²) in [6.45, 7) is 4.50. The molecule has 0 spiro atoms. The highest BCUT2D eigenvalue weighted by atomic mass is 19.1. The summed E-state index contributed by atoms with van der Waals surface area (Å²) in [6, 6.07) is 7.41. The van der Waals surface area contributed by atoms with Crippen molar-refractivity contribution in [1.82, 2.24) is 5.32 Å². The van der Waals surface area contributed by atoms with E-state index in [-0.39, 0.29) is 11.2 Å². The molecule has 1 saturated carbocycles. The summed E-state index contributed by atoms with van der Waals surface area (Å²) < 4.78 is 13.0. The summed E-state index contributed by atoms with van der Waals surface area (Å²) in [5.74, 6) is 0.719. The molecule has 1 unspecified atom stereocenters. The predicted octanol–water partition coefficient (Wildman–Crippen LogP) is 3.88. The monoisotopic (exact) mass is 249 g/mol. The molecule has 1 atom stereocenters. The lowest BCUT2D eigenvalue weighted by atomic mass is 9.71. The van der Waals surface area contributed by atoms with Crippen LogP contribution in [0.1, 0.15) is 45.1 Å². The molecule has 0 aromatic heterocycles. The highest BCUT2D eigenvalue weighted by Crippen LogP contribution is 2.36. The summed E-state index contributed by atoms with van der Waals surface area (Å²) in [7, 11) is 2.04. The number of nitrogens with one attached hydrogen (secondary N) is 1. The number of halogens is 1. The van der Waals surface area contributed by atoms with Gasteiger partial charge in [-0.05, 0) is 37.1 Å². The maximum Gasteiger partial charge on any atom is 0.123 e. The van der Waals surface area contributed by atoms with Crippen LogP contribution in [0.5, 0.6) is 0 Å². The van der Waals surface area contributed by atoms with Gasteiger partial charge < -0.3 is 5.32 Å². The first-order chi connectivity index (χ1) is 8.54. The van der Waals surface area contributed by atoms with Gasteiger partial charge in [0.2, 0.25) is 0 Å². The first-order valence-corrected chi connectivity index (χ1v) is 6.97. The van der Waals surface area contributed by atoms with Crippen molar-refractivity contribution in [3.8, 4) is 0 Å². The van der Waals surface area contributed by atoms with Gasteiger partial charge in [-0.1, -0.05) is 45.2 Å². The lowest BCUT2D eigenvalue weighted by molar-refractivity contribution is 0.221. The lowest BCUT2D eigenvalue weighted by Crippen LogP contribution is -2.45. The fraction of sp³-hybridized carbons (Fsp3) is 0.625. The number of likely N-dealkylation sites (N-methyl/N-ethyl adjacent to an activating group) is 1. The molecule has 0 radical (unpaired) electrons. The van der Waals surface area contributed by atoms with E-state index in [4.69, 9.17) is 0 Å². The fourth-order valence-corrected chi connectivity index (χ4v) is 2.92.